The molecule has 0 atom stereocenters. The number of aryl methyl sites for hydroxylation is 1. The molecular formula is C15H21N3O2S. The molecule has 0 spiro atoms. The Bertz CT molecular complexity index is 638. The molecule has 2 heterocycles. The molecule has 0 N–H and O–H groups in total. The SMILES string of the molecule is CCOC(=O)Cc1csc(-c2cn(C)nc2C(C)(C)C)n1. The van der Waals surface area contributed by atoms with Crippen molar-refractivity contribution in [3.63, 3.8) is 0 Å². The molecule has 2 rings (SSSR count). The number of thiazole rings is 1. The van der Waals surface area contributed by atoms with Gasteiger partial charge in [0.25, 0.3) is 0 Å². The molecule has 0 saturated carbocycles. The topological polar surface area (TPSA) is 57.0 Å². The van der Waals surface area contributed by atoms with Gasteiger partial charge in [-0.1, -0.05) is 20.8 Å². The fraction of sp³-hybridized carbons (Fsp3) is 0.533. The maximum atomic E-state index is 11.5. The van der Waals surface area contributed by atoms with Crippen LogP contribution in [-0.2, 0) is 28.4 Å². The molecule has 5 nitrogen and oxygen atoms in total. The van der Waals surface area contributed by atoms with Crippen LogP contribution >= 0.6 is 11.3 Å². The zero-order valence-corrected chi connectivity index (χ0v) is 14.0. The van der Waals surface area contributed by atoms with Gasteiger partial charge in [-0.3, -0.25) is 9.48 Å². The Labute approximate surface area is 129 Å². The number of ether oxygens (including phenoxy) is 1. The molecule has 0 fully saturated rings. The van der Waals surface area contributed by atoms with Gasteiger partial charge in [0.05, 0.1) is 30.0 Å². The van der Waals surface area contributed by atoms with E-state index in [9.17, 15) is 4.79 Å². The fourth-order valence-electron chi connectivity index (χ4n) is 2.07. The third-order valence-corrected chi connectivity index (χ3v) is 3.88. The minimum atomic E-state index is -0.239. The van der Waals surface area contributed by atoms with Crippen molar-refractivity contribution < 1.29 is 9.53 Å². The van der Waals surface area contributed by atoms with E-state index in [1.165, 1.54) is 11.3 Å². The van der Waals surface area contributed by atoms with Crippen LogP contribution in [0.25, 0.3) is 10.6 Å². The molecular weight excluding hydrogens is 286 g/mol. The molecule has 0 bridgehead atoms. The minimum Gasteiger partial charge on any atom is -0.466 e. The zero-order valence-electron chi connectivity index (χ0n) is 13.1. The van der Waals surface area contributed by atoms with Gasteiger partial charge in [-0.05, 0) is 6.92 Å². The van der Waals surface area contributed by atoms with Crippen LogP contribution in [0.5, 0.6) is 0 Å². The standard InChI is InChI=1S/C15H21N3O2S/c1-6-20-12(19)7-10-9-21-14(16-10)11-8-18(5)17-13(11)15(2,3)4/h8-9H,6-7H2,1-5H3. The Morgan fingerprint density at radius 1 is 1.43 bits per heavy atom. The van der Waals surface area contributed by atoms with Crippen LogP contribution in [0.4, 0.5) is 0 Å². The molecule has 2 aromatic rings. The number of aromatic nitrogens is 3. The Hall–Kier alpha value is -1.69. The second kappa shape index (κ2) is 5.97. The van der Waals surface area contributed by atoms with Crippen molar-refractivity contribution in [3.8, 4) is 10.6 Å². The van der Waals surface area contributed by atoms with Gasteiger partial charge in [-0.25, -0.2) is 4.98 Å². The number of rotatable bonds is 4. The molecule has 0 aromatic carbocycles. The average Bonchev–Trinajstić information content (AvgIpc) is 2.95. The van der Waals surface area contributed by atoms with Gasteiger partial charge in [0, 0.05) is 24.0 Å². The van der Waals surface area contributed by atoms with Gasteiger partial charge in [0.15, 0.2) is 0 Å². The van der Waals surface area contributed by atoms with Gasteiger partial charge in [0.1, 0.15) is 5.01 Å². The highest BCUT2D eigenvalue weighted by atomic mass is 32.1. The monoisotopic (exact) mass is 307 g/mol. The summed E-state index contributed by atoms with van der Waals surface area (Å²) < 4.78 is 6.76. The number of hydrogen-bond donors (Lipinski definition) is 0. The van der Waals surface area contributed by atoms with Crippen molar-refractivity contribution in [3.05, 3.63) is 23.0 Å². The van der Waals surface area contributed by atoms with Crippen LogP contribution in [0.2, 0.25) is 0 Å². The summed E-state index contributed by atoms with van der Waals surface area (Å²) >= 11 is 1.53. The van der Waals surface area contributed by atoms with Gasteiger partial charge >= 0.3 is 5.97 Å². The lowest BCUT2D eigenvalue weighted by Gasteiger charge is -2.16. The molecule has 0 amide bonds. The first-order valence-corrected chi connectivity index (χ1v) is 7.83. The average molecular weight is 307 g/mol. The van der Waals surface area contributed by atoms with Gasteiger partial charge in [-0.15, -0.1) is 11.3 Å². The van der Waals surface area contributed by atoms with Crippen molar-refractivity contribution in [1.82, 2.24) is 14.8 Å². The Kier molecular flexibility index (Phi) is 4.46. The lowest BCUT2D eigenvalue weighted by Crippen LogP contribution is -2.13. The zero-order chi connectivity index (χ0) is 15.6. The first kappa shape index (κ1) is 15.7. The molecule has 0 aliphatic carbocycles. The highest BCUT2D eigenvalue weighted by Gasteiger charge is 2.24. The molecule has 0 unspecified atom stereocenters. The lowest BCUT2D eigenvalue weighted by molar-refractivity contribution is -0.142. The summed E-state index contributed by atoms with van der Waals surface area (Å²) in [5.41, 5.74) is 2.74. The molecule has 2 aromatic heterocycles. The van der Waals surface area contributed by atoms with Crippen LogP contribution in [0, 0.1) is 0 Å². The van der Waals surface area contributed by atoms with Crippen molar-refractivity contribution in [1.29, 1.82) is 0 Å². The fourth-order valence-corrected chi connectivity index (χ4v) is 2.90. The van der Waals surface area contributed by atoms with E-state index in [-0.39, 0.29) is 17.8 Å². The Morgan fingerprint density at radius 3 is 2.76 bits per heavy atom. The van der Waals surface area contributed by atoms with E-state index < -0.39 is 0 Å². The molecule has 0 radical (unpaired) electrons. The summed E-state index contributed by atoms with van der Waals surface area (Å²) in [5, 5.41) is 7.35. The summed E-state index contributed by atoms with van der Waals surface area (Å²) in [5.74, 6) is -0.239. The van der Waals surface area contributed by atoms with Crippen molar-refractivity contribution in [2.24, 2.45) is 7.05 Å². The third-order valence-electron chi connectivity index (χ3n) is 2.95. The maximum absolute atomic E-state index is 11.5. The summed E-state index contributed by atoms with van der Waals surface area (Å²) in [6, 6.07) is 0. The van der Waals surface area contributed by atoms with Crippen LogP contribution in [0.1, 0.15) is 39.1 Å². The van der Waals surface area contributed by atoms with E-state index in [0.717, 1.165) is 22.0 Å². The molecule has 0 aliphatic heterocycles. The predicted molar refractivity (Wildman–Crippen MR) is 83.4 cm³/mol. The largest absolute Gasteiger partial charge is 0.466 e. The number of hydrogen-bond acceptors (Lipinski definition) is 5. The van der Waals surface area contributed by atoms with E-state index in [4.69, 9.17) is 4.74 Å². The molecule has 0 aliphatic rings. The van der Waals surface area contributed by atoms with E-state index in [1.54, 1.807) is 6.92 Å². The molecule has 114 valence electrons. The maximum Gasteiger partial charge on any atom is 0.311 e. The molecule has 21 heavy (non-hydrogen) atoms. The predicted octanol–water partition coefficient (Wildman–Crippen LogP) is 2.95. The highest BCUT2D eigenvalue weighted by Crippen LogP contribution is 2.33. The smallest absolute Gasteiger partial charge is 0.311 e. The van der Waals surface area contributed by atoms with Crippen LogP contribution < -0.4 is 0 Å². The van der Waals surface area contributed by atoms with Crippen molar-refractivity contribution in [2.75, 3.05) is 6.61 Å². The summed E-state index contributed by atoms with van der Waals surface area (Å²) in [7, 11) is 1.91. The van der Waals surface area contributed by atoms with E-state index in [1.807, 2.05) is 23.3 Å². The Morgan fingerprint density at radius 2 is 2.14 bits per heavy atom. The molecule has 0 saturated heterocycles. The van der Waals surface area contributed by atoms with Crippen LogP contribution in [-0.4, -0.2) is 27.3 Å². The number of carbonyl (C=O) groups is 1. The molecule has 6 heteroatoms. The number of nitrogens with zero attached hydrogens (tertiary/aromatic N) is 3. The number of esters is 1. The van der Waals surface area contributed by atoms with Gasteiger partial charge in [0.2, 0.25) is 0 Å². The Balaban J connectivity index is 2.28. The van der Waals surface area contributed by atoms with Gasteiger partial charge < -0.3 is 4.74 Å². The second-order valence-electron chi connectivity index (χ2n) is 5.94. The normalized spacial score (nSPS) is 11.7. The van der Waals surface area contributed by atoms with Crippen LogP contribution in [0.3, 0.4) is 0 Å². The quantitative estimate of drug-likeness (QED) is 0.815. The van der Waals surface area contributed by atoms with E-state index >= 15 is 0 Å². The minimum absolute atomic E-state index is 0.0520. The summed E-state index contributed by atoms with van der Waals surface area (Å²) in [6.07, 6.45) is 2.20. The number of carbonyl (C=O) groups excluding carboxylic acids is 1. The highest BCUT2D eigenvalue weighted by molar-refractivity contribution is 7.13. The first-order valence-electron chi connectivity index (χ1n) is 6.95. The van der Waals surface area contributed by atoms with E-state index in [0.29, 0.717) is 6.61 Å². The lowest BCUT2D eigenvalue weighted by atomic mass is 9.90. The summed E-state index contributed by atoms with van der Waals surface area (Å²) in [6.45, 7) is 8.59. The van der Waals surface area contributed by atoms with Crippen molar-refractivity contribution >= 4 is 17.3 Å². The van der Waals surface area contributed by atoms with Gasteiger partial charge in [-0.2, -0.15) is 5.10 Å². The van der Waals surface area contributed by atoms with Crippen LogP contribution in [0.15, 0.2) is 11.6 Å². The first-order chi connectivity index (χ1) is 9.81. The van der Waals surface area contributed by atoms with E-state index in [2.05, 4.69) is 30.9 Å². The second-order valence-corrected chi connectivity index (χ2v) is 6.80. The van der Waals surface area contributed by atoms with Crippen molar-refractivity contribution in [2.45, 2.75) is 39.5 Å². The third kappa shape index (κ3) is 3.69. The summed E-state index contributed by atoms with van der Waals surface area (Å²) in [4.78, 5) is 16.1.